The van der Waals surface area contributed by atoms with Gasteiger partial charge >= 0.3 is 0 Å². The van der Waals surface area contributed by atoms with Crippen LogP contribution in [0.2, 0.25) is 0 Å². The van der Waals surface area contributed by atoms with E-state index in [1.807, 2.05) is 12.1 Å². The Hall–Kier alpha value is -2.53. The number of anilines is 1. The lowest BCUT2D eigenvalue weighted by molar-refractivity contribution is -0.135. The number of piperidine rings is 1. The average molecular weight is 602 g/mol. The van der Waals surface area contributed by atoms with Gasteiger partial charge in [0.2, 0.25) is 12.7 Å². The first-order valence-electron chi connectivity index (χ1n) is 13.1. The fraction of sp³-hybridized carbons (Fsp3) is 0.556. The number of nitrogens with zero attached hydrogens (tertiary/aromatic N) is 5. The second-order valence-electron chi connectivity index (χ2n) is 11.6. The summed E-state index contributed by atoms with van der Waals surface area (Å²) in [6.07, 6.45) is 4.50. The van der Waals surface area contributed by atoms with Gasteiger partial charge in [-0.1, -0.05) is 39.5 Å². The number of benzene rings is 1. The monoisotopic (exact) mass is 600 g/mol. The van der Waals surface area contributed by atoms with E-state index in [4.69, 9.17) is 20.2 Å². The second-order valence-corrected chi connectivity index (χ2v) is 13.5. The highest BCUT2D eigenvalue weighted by atomic mass is 79.9. The van der Waals surface area contributed by atoms with Crippen molar-refractivity contribution in [3.63, 3.8) is 0 Å². The van der Waals surface area contributed by atoms with Crippen LogP contribution in [-0.4, -0.2) is 50.2 Å². The van der Waals surface area contributed by atoms with Gasteiger partial charge in [0, 0.05) is 34.9 Å². The molecule has 2 aliphatic heterocycles. The summed E-state index contributed by atoms with van der Waals surface area (Å²) in [4.78, 5) is 29.8. The topological polar surface area (TPSA) is 108 Å². The number of hydrogen-bond acceptors (Lipinski definition) is 8. The SMILES string of the molecule is CC1(C)C(C(=O)N2CCC(CCn3c(Sc4cc5c(cc4Br)OCO5)nc4c(N)ncnc43)CC2)C1(C)C. The summed E-state index contributed by atoms with van der Waals surface area (Å²) in [6.45, 7) is 11.5. The highest BCUT2D eigenvalue weighted by Gasteiger charge is 2.68. The van der Waals surface area contributed by atoms with Crippen LogP contribution in [0.5, 0.6) is 11.5 Å². The van der Waals surface area contributed by atoms with Gasteiger partial charge in [0.05, 0.1) is 0 Å². The van der Waals surface area contributed by atoms with Gasteiger partial charge in [-0.2, -0.15) is 0 Å². The molecular weight excluding hydrogens is 568 g/mol. The number of rotatable bonds is 6. The Kier molecular flexibility index (Phi) is 6.29. The Labute approximate surface area is 235 Å². The summed E-state index contributed by atoms with van der Waals surface area (Å²) in [5.41, 5.74) is 7.67. The number of amides is 1. The van der Waals surface area contributed by atoms with Crippen molar-refractivity contribution in [2.24, 2.45) is 22.7 Å². The molecule has 11 heteroatoms. The number of halogens is 1. The summed E-state index contributed by atoms with van der Waals surface area (Å²) < 4.78 is 14.1. The minimum Gasteiger partial charge on any atom is -0.454 e. The summed E-state index contributed by atoms with van der Waals surface area (Å²) in [5, 5.41) is 0.803. The second kappa shape index (κ2) is 9.29. The van der Waals surface area contributed by atoms with E-state index < -0.39 is 0 Å². The number of fused-ring (bicyclic) bond motifs is 2. The molecule has 1 amide bonds. The number of carbonyl (C=O) groups excluding carboxylic acids is 1. The van der Waals surface area contributed by atoms with E-state index >= 15 is 0 Å². The van der Waals surface area contributed by atoms with Gasteiger partial charge < -0.3 is 24.7 Å². The molecule has 38 heavy (non-hydrogen) atoms. The van der Waals surface area contributed by atoms with Crippen LogP contribution in [0, 0.1) is 22.7 Å². The highest BCUT2D eigenvalue weighted by molar-refractivity contribution is 9.10. The van der Waals surface area contributed by atoms with Gasteiger partial charge in [-0.25, -0.2) is 15.0 Å². The van der Waals surface area contributed by atoms with Gasteiger partial charge in [0.25, 0.3) is 0 Å². The molecule has 2 N–H and O–H groups in total. The van der Waals surface area contributed by atoms with Gasteiger partial charge in [-0.05, 0) is 64.1 Å². The van der Waals surface area contributed by atoms with Gasteiger partial charge in [-0.15, -0.1) is 0 Å². The molecule has 3 aromatic rings. The summed E-state index contributed by atoms with van der Waals surface area (Å²) in [7, 11) is 0. The van der Waals surface area contributed by atoms with Crippen molar-refractivity contribution < 1.29 is 14.3 Å². The molecule has 1 aliphatic carbocycles. The summed E-state index contributed by atoms with van der Waals surface area (Å²) in [6, 6.07) is 3.88. The van der Waals surface area contributed by atoms with E-state index in [-0.39, 0.29) is 23.5 Å². The Morgan fingerprint density at radius 1 is 1.13 bits per heavy atom. The fourth-order valence-electron chi connectivity index (χ4n) is 6.04. The van der Waals surface area contributed by atoms with E-state index in [1.54, 1.807) is 0 Å². The smallest absolute Gasteiger partial charge is 0.231 e. The molecule has 2 aromatic heterocycles. The average Bonchev–Trinajstić information content (AvgIpc) is 3.27. The van der Waals surface area contributed by atoms with Crippen molar-refractivity contribution in [3.05, 3.63) is 22.9 Å². The zero-order valence-electron chi connectivity index (χ0n) is 22.2. The van der Waals surface area contributed by atoms with Crippen LogP contribution in [0.15, 0.2) is 33.0 Å². The fourth-order valence-corrected chi connectivity index (χ4v) is 7.55. The molecule has 0 spiro atoms. The third-order valence-electron chi connectivity index (χ3n) is 9.11. The number of aromatic nitrogens is 4. The van der Waals surface area contributed by atoms with E-state index in [0.717, 1.165) is 70.6 Å². The molecule has 0 radical (unpaired) electrons. The number of likely N-dealkylation sites (tertiary alicyclic amines) is 1. The Bertz CT molecular complexity index is 1400. The van der Waals surface area contributed by atoms with Crippen molar-refractivity contribution in [3.8, 4) is 11.5 Å². The first-order chi connectivity index (χ1) is 18.1. The van der Waals surface area contributed by atoms with E-state index in [1.165, 1.54) is 18.1 Å². The van der Waals surface area contributed by atoms with Crippen molar-refractivity contribution in [1.29, 1.82) is 0 Å². The van der Waals surface area contributed by atoms with Crippen LogP contribution in [0.1, 0.15) is 47.0 Å². The van der Waals surface area contributed by atoms with Crippen LogP contribution >= 0.6 is 27.7 Å². The number of ether oxygens (including phenoxy) is 2. The minimum atomic E-state index is 0.0775. The lowest BCUT2D eigenvalue weighted by atomic mass is 9.93. The minimum absolute atomic E-state index is 0.0775. The zero-order valence-corrected chi connectivity index (χ0v) is 24.6. The molecule has 1 aromatic carbocycles. The number of aryl methyl sites for hydroxylation is 1. The standard InChI is InChI=1S/C27H33BrN6O3S/c1-26(2)21(27(26,3)4)24(35)33-8-5-15(6-9-33)7-10-34-23-20(22(29)30-13-31-23)32-25(34)38-19-12-18-17(11-16(19)28)36-14-37-18/h11-13,15,21H,5-10,14H2,1-4H3,(H2,29,30,31). The Balaban J connectivity index is 1.16. The molecule has 0 atom stereocenters. The molecule has 3 aliphatic rings. The van der Waals surface area contributed by atoms with Crippen LogP contribution in [0.4, 0.5) is 5.82 Å². The van der Waals surface area contributed by atoms with E-state index in [2.05, 4.69) is 63.1 Å². The Morgan fingerprint density at radius 3 is 2.50 bits per heavy atom. The maximum absolute atomic E-state index is 13.2. The normalized spacial score (nSPS) is 20.3. The van der Waals surface area contributed by atoms with E-state index in [9.17, 15) is 4.79 Å². The van der Waals surface area contributed by atoms with E-state index in [0.29, 0.717) is 23.2 Å². The number of nitrogen functional groups attached to an aromatic ring is 1. The van der Waals surface area contributed by atoms with Crippen LogP contribution in [0.25, 0.3) is 11.2 Å². The number of nitrogens with two attached hydrogens (primary N) is 1. The molecule has 0 bridgehead atoms. The first kappa shape index (κ1) is 25.7. The summed E-state index contributed by atoms with van der Waals surface area (Å²) >= 11 is 5.19. The molecule has 0 unspecified atom stereocenters. The Morgan fingerprint density at radius 2 is 1.82 bits per heavy atom. The molecule has 9 nitrogen and oxygen atoms in total. The largest absolute Gasteiger partial charge is 0.454 e. The molecular formula is C27H33BrN6O3S. The third kappa shape index (κ3) is 4.22. The van der Waals surface area contributed by atoms with Gasteiger partial charge in [0.15, 0.2) is 33.6 Å². The van der Waals surface area contributed by atoms with Gasteiger partial charge in [0.1, 0.15) is 6.33 Å². The first-order valence-corrected chi connectivity index (χ1v) is 14.7. The van der Waals surface area contributed by atoms with Crippen LogP contribution < -0.4 is 15.2 Å². The molecule has 202 valence electrons. The van der Waals surface area contributed by atoms with Gasteiger partial charge in [-0.3, -0.25) is 4.79 Å². The predicted octanol–water partition coefficient (Wildman–Crippen LogP) is 5.36. The van der Waals surface area contributed by atoms with Crippen LogP contribution in [-0.2, 0) is 11.3 Å². The van der Waals surface area contributed by atoms with Crippen molar-refractivity contribution >= 4 is 50.6 Å². The maximum Gasteiger partial charge on any atom is 0.231 e. The number of imidazole rings is 1. The zero-order chi connectivity index (χ0) is 26.8. The molecule has 1 saturated carbocycles. The quantitative estimate of drug-likeness (QED) is 0.402. The third-order valence-corrected chi connectivity index (χ3v) is 11.1. The molecule has 4 heterocycles. The van der Waals surface area contributed by atoms with Crippen molar-refractivity contribution in [1.82, 2.24) is 24.4 Å². The predicted molar refractivity (Wildman–Crippen MR) is 149 cm³/mol. The van der Waals surface area contributed by atoms with Crippen molar-refractivity contribution in [2.75, 3.05) is 25.6 Å². The lowest BCUT2D eigenvalue weighted by Crippen LogP contribution is -2.40. The van der Waals surface area contributed by atoms with Crippen LogP contribution in [0.3, 0.4) is 0 Å². The maximum atomic E-state index is 13.2. The lowest BCUT2D eigenvalue weighted by Gasteiger charge is -2.33. The molecule has 2 fully saturated rings. The molecule has 6 rings (SSSR count). The molecule has 1 saturated heterocycles. The summed E-state index contributed by atoms with van der Waals surface area (Å²) in [5.74, 6) is 2.81. The number of carbonyl (C=O) groups is 1. The number of hydrogen-bond donors (Lipinski definition) is 1. The highest BCUT2D eigenvalue weighted by Crippen LogP contribution is 2.68. The van der Waals surface area contributed by atoms with Crippen molar-refractivity contribution in [2.45, 2.75) is 63.6 Å².